The second-order valence-electron chi connectivity index (χ2n) is 10.6. The van der Waals surface area contributed by atoms with Crippen molar-refractivity contribution in [2.75, 3.05) is 5.32 Å². The molecule has 2 heterocycles. The van der Waals surface area contributed by atoms with Gasteiger partial charge in [0.15, 0.2) is 6.73 Å². The number of anilines is 1. The molecule has 5 rings (SSSR count). The summed E-state index contributed by atoms with van der Waals surface area (Å²) >= 11 is 0. The normalized spacial score (nSPS) is 16.2. The van der Waals surface area contributed by atoms with Crippen LogP contribution in [0.3, 0.4) is 0 Å². The average molecular weight is 571 g/mol. The quantitative estimate of drug-likeness (QED) is 0.240. The third kappa shape index (κ3) is 6.36. The van der Waals surface area contributed by atoms with Crippen LogP contribution in [-0.2, 0) is 27.2 Å². The summed E-state index contributed by atoms with van der Waals surface area (Å²) in [5.41, 5.74) is 4.05. The molecule has 0 saturated heterocycles. The molecular weight excluding hydrogens is 535 g/mol. The molecule has 214 valence electrons. The number of amides is 2. The highest BCUT2D eigenvalue weighted by Gasteiger charge is 2.48. The van der Waals surface area contributed by atoms with Crippen LogP contribution >= 0.6 is 7.82 Å². The van der Waals surface area contributed by atoms with Crippen LogP contribution in [0.4, 0.5) is 5.69 Å². The van der Waals surface area contributed by atoms with Gasteiger partial charge >= 0.3 is 7.82 Å². The van der Waals surface area contributed by atoms with Gasteiger partial charge in [-0.05, 0) is 88.0 Å². The van der Waals surface area contributed by atoms with E-state index >= 15 is 0 Å². The Labute approximate surface area is 232 Å². The number of aryl methyl sites for hydroxylation is 2. The molecule has 0 radical (unpaired) electrons. The molecule has 3 aromatic rings. The second-order valence-corrected chi connectivity index (χ2v) is 11.8. The molecule has 2 amide bonds. The molecule has 1 atom stereocenters. The Morgan fingerprint density at radius 1 is 1.07 bits per heavy atom. The first-order valence-electron chi connectivity index (χ1n) is 13.5. The van der Waals surface area contributed by atoms with Gasteiger partial charge in [-0.1, -0.05) is 12.1 Å². The van der Waals surface area contributed by atoms with Crippen LogP contribution in [0.1, 0.15) is 54.5 Å². The minimum Gasteiger partial charge on any atom is -0.339 e. The molecule has 1 aromatic carbocycles. The molecule has 2 aliphatic rings. The van der Waals surface area contributed by atoms with Gasteiger partial charge in [0.05, 0.1) is 5.69 Å². The van der Waals surface area contributed by atoms with Gasteiger partial charge in [0, 0.05) is 29.7 Å². The van der Waals surface area contributed by atoms with Crippen LogP contribution in [0.2, 0.25) is 0 Å². The maximum atomic E-state index is 13.7. The minimum absolute atomic E-state index is 0.104. The number of carbonyl (C=O) groups is 2. The summed E-state index contributed by atoms with van der Waals surface area (Å²) in [5, 5.41) is 14.6. The highest BCUT2D eigenvalue weighted by atomic mass is 31.2. The Bertz CT molecular complexity index is 1420. The zero-order valence-corrected chi connectivity index (χ0v) is 23.7. The van der Waals surface area contributed by atoms with Crippen LogP contribution < -0.4 is 10.6 Å². The molecule has 0 spiro atoms. The van der Waals surface area contributed by atoms with Crippen molar-refractivity contribution in [2.45, 2.75) is 65.8 Å². The first-order chi connectivity index (χ1) is 19.1. The molecule has 13 heteroatoms. The predicted octanol–water partition coefficient (Wildman–Crippen LogP) is 3.62. The number of aromatic nitrogens is 4. The topological polar surface area (TPSA) is 161 Å². The molecule has 4 N–H and O–H groups in total. The van der Waals surface area contributed by atoms with E-state index < -0.39 is 13.9 Å². The average Bonchev–Trinajstić information content (AvgIpc) is 3.84. The van der Waals surface area contributed by atoms with Crippen molar-refractivity contribution < 1.29 is 28.5 Å². The fourth-order valence-corrected chi connectivity index (χ4v) is 5.79. The van der Waals surface area contributed by atoms with E-state index in [1.807, 2.05) is 19.1 Å². The van der Waals surface area contributed by atoms with Gasteiger partial charge in [-0.3, -0.25) is 18.8 Å². The lowest BCUT2D eigenvalue weighted by Gasteiger charge is -2.27. The maximum Gasteiger partial charge on any atom is 0.471 e. The van der Waals surface area contributed by atoms with Gasteiger partial charge in [-0.2, -0.15) is 10.2 Å². The Hall–Kier alpha value is -3.31. The molecule has 0 bridgehead atoms. The standard InChI is InChI=1S/C27H35N6O6P/c1-4-32-22(13-14-28-32)26(34)30-25(24(19-5-6-19)20-7-8-20)27(35)29-21-11-9-18(10-12-21)23-16(2)31-33(17(23)3)15-39-40(36,37)38/h9-14,19-20,24-25H,4-8,15H2,1-3H3,(H,29,35)(H,30,34)(H2,36,37,38)/t25-/m0/s1. The zero-order chi connectivity index (χ0) is 28.6. The second kappa shape index (κ2) is 11.3. The molecule has 2 saturated carbocycles. The third-order valence-corrected chi connectivity index (χ3v) is 8.16. The highest BCUT2D eigenvalue weighted by Crippen LogP contribution is 2.51. The Kier molecular flexibility index (Phi) is 7.96. The van der Waals surface area contributed by atoms with Crippen molar-refractivity contribution in [1.29, 1.82) is 0 Å². The van der Waals surface area contributed by atoms with Crippen LogP contribution in [0.5, 0.6) is 0 Å². The third-order valence-electron chi connectivity index (χ3n) is 7.71. The number of hydrogen-bond donors (Lipinski definition) is 4. The van der Waals surface area contributed by atoms with Crippen molar-refractivity contribution in [3.8, 4) is 11.1 Å². The molecule has 2 aliphatic carbocycles. The minimum atomic E-state index is -4.63. The molecule has 2 aromatic heterocycles. The summed E-state index contributed by atoms with van der Waals surface area (Å²) in [6.07, 6.45) is 5.90. The predicted molar refractivity (Wildman–Crippen MR) is 147 cm³/mol. The molecule has 0 unspecified atom stereocenters. The van der Waals surface area contributed by atoms with E-state index in [-0.39, 0.29) is 24.5 Å². The van der Waals surface area contributed by atoms with E-state index in [4.69, 9.17) is 9.79 Å². The van der Waals surface area contributed by atoms with Gasteiger partial charge in [0.1, 0.15) is 11.7 Å². The first-order valence-corrected chi connectivity index (χ1v) is 15.1. The number of nitrogens with zero attached hydrogens (tertiary/aromatic N) is 4. The van der Waals surface area contributed by atoms with Crippen molar-refractivity contribution >= 4 is 25.3 Å². The van der Waals surface area contributed by atoms with Crippen LogP contribution in [-0.4, -0.2) is 47.2 Å². The van der Waals surface area contributed by atoms with Gasteiger partial charge < -0.3 is 20.4 Å². The van der Waals surface area contributed by atoms with Crippen molar-refractivity contribution in [1.82, 2.24) is 24.9 Å². The van der Waals surface area contributed by atoms with Gasteiger partial charge in [0.2, 0.25) is 5.91 Å². The van der Waals surface area contributed by atoms with E-state index in [1.165, 1.54) is 4.68 Å². The monoisotopic (exact) mass is 570 g/mol. The van der Waals surface area contributed by atoms with Gasteiger partial charge in [-0.15, -0.1) is 0 Å². The van der Waals surface area contributed by atoms with E-state index in [1.54, 1.807) is 42.9 Å². The first kappa shape index (κ1) is 28.2. The lowest BCUT2D eigenvalue weighted by atomic mass is 9.88. The Balaban J connectivity index is 1.33. The number of nitrogens with one attached hydrogen (secondary N) is 2. The van der Waals surface area contributed by atoms with Crippen molar-refractivity contribution in [3.05, 3.63) is 53.6 Å². The lowest BCUT2D eigenvalue weighted by molar-refractivity contribution is -0.119. The molecule has 40 heavy (non-hydrogen) atoms. The zero-order valence-electron chi connectivity index (χ0n) is 22.8. The van der Waals surface area contributed by atoms with Crippen LogP contribution in [0.15, 0.2) is 36.5 Å². The molecular formula is C27H35N6O6P. The number of phosphoric ester groups is 1. The van der Waals surface area contributed by atoms with Crippen LogP contribution in [0, 0.1) is 31.6 Å². The number of hydrogen-bond acceptors (Lipinski definition) is 6. The van der Waals surface area contributed by atoms with Crippen molar-refractivity contribution in [2.24, 2.45) is 17.8 Å². The van der Waals surface area contributed by atoms with E-state index in [9.17, 15) is 14.2 Å². The van der Waals surface area contributed by atoms with Gasteiger partial charge in [0.25, 0.3) is 5.91 Å². The van der Waals surface area contributed by atoms with E-state index in [0.717, 1.165) is 36.8 Å². The summed E-state index contributed by atoms with van der Waals surface area (Å²) in [6.45, 7) is 5.70. The summed E-state index contributed by atoms with van der Waals surface area (Å²) in [7, 11) is -4.63. The fourth-order valence-electron chi connectivity index (χ4n) is 5.53. The molecule has 2 fully saturated rings. The number of carbonyl (C=O) groups excluding carboxylic acids is 2. The Morgan fingerprint density at radius 2 is 1.73 bits per heavy atom. The summed E-state index contributed by atoms with van der Waals surface area (Å²) in [5.74, 6) is 0.458. The largest absolute Gasteiger partial charge is 0.471 e. The van der Waals surface area contributed by atoms with E-state index in [2.05, 4.69) is 25.4 Å². The van der Waals surface area contributed by atoms with E-state index in [0.29, 0.717) is 41.1 Å². The maximum absolute atomic E-state index is 13.7. The summed E-state index contributed by atoms with van der Waals surface area (Å²) < 4.78 is 18.7. The number of rotatable bonds is 12. The lowest BCUT2D eigenvalue weighted by Crippen LogP contribution is -2.50. The SMILES string of the molecule is CCn1nccc1C(=O)N[C@H](C(=O)Nc1ccc(-c2c(C)nn(COP(=O)(O)O)c2C)cc1)C(C1CC1)C1CC1. The molecule has 0 aliphatic heterocycles. The smallest absolute Gasteiger partial charge is 0.339 e. The Morgan fingerprint density at radius 3 is 2.30 bits per heavy atom. The van der Waals surface area contributed by atoms with Crippen LogP contribution in [0.25, 0.3) is 11.1 Å². The summed E-state index contributed by atoms with van der Waals surface area (Å²) in [4.78, 5) is 44.9. The fraction of sp³-hybridized carbons (Fsp3) is 0.481. The number of benzene rings is 1. The summed E-state index contributed by atoms with van der Waals surface area (Å²) in [6, 6.07) is 8.32. The van der Waals surface area contributed by atoms with Gasteiger partial charge in [-0.25, -0.2) is 9.25 Å². The number of phosphoric acid groups is 1. The van der Waals surface area contributed by atoms with Crippen molar-refractivity contribution in [3.63, 3.8) is 0 Å². The molecule has 12 nitrogen and oxygen atoms in total. The highest BCUT2D eigenvalue weighted by molar-refractivity contribution is 7.46.